The fraction of sp³-hybridized carbons (Fsp3) is 0.409. The standard InChI is InChI=1S/C22H30N4O2/c23-22(24-11-6-12-26-13-15-27-16-14-26)25-17-20-9-4-5-10-21(20)28-18-19-7-2-1-3-8-19/h1-5,7-10H,6,11-18H2,(H3,23,24,25). The molecule has 1 aliphatic rings. The monoisotopic (exact) mass is 382 g/mol. The first kappa shape index (κ1) is 20.2. The lowest BCUT2D eigenvalue weighted by Gasteiger charge is -2.26. The molecule has 0 unspecified atom stereocenters. The highest BCUT2D eigenvalue weighted by molar-refractivity contribution is 5.77. The van der Waals surface area contributed by atoms with Gasteiger partial charge in [0.25, 0.3) is 0 Å². The smallest absolute Gasteiger partial charge is 0.188 e. The zero-order chi connectivity index (χ0) is 19.4. The summed E-state index contributed by atoms with van der Waals surface area (Å²) in [5, 5.41) is 3.20. The molecule has 3 N–H and O–H groups in total. The SMILES string of the molecule is NC(=NCc1ccccc1OCc1ccccc1)NCCCN1CCOCC1. The Morgan fingerprint density at radius 1 is 1.07 bits per heavy atom. The number of benzene rings is 2. The number of nitrogens with one attached hydrogen (secondary N) is 1. The Bertz CT molecular complexity index is 730. The molecule has 28 heavy (non-hydrogen) atoms. The molecule has 6 heteroatoms. The minimum Gasteiger partial charge on any atom is -0.489 e. The predicted molar refractivity (Wildman–Crippen MR) is 112 cm³/mol. The maximum absolute atomic E-state index is 6.02. The molecule has 1 saturated heterocycles. The molecule has 0 radical (unpaired) electrons. The molecule has 0 saturated carbocycles. The lowest BCUT2D eigenvalue weighted by atomic mass is 10.2. The van der Waals surface area contributed by atoms with Crippen molar-refractivity contribution >= 4 is 5.96 Å². The van der Waals surface area contributed by atoms with Gasteiger partial charge in [0, 0.05) is 25.2 Å². The average molecular weight is 383 g/mol. The largest absolute Gasteiger partial charge is 0.489 e. The Morgan fingerprint density at radius 3 is 2.64 bits per heavy atom. The first-order valence-electron chi connectivity index (χ1n) is 9.90. The third-order valence-corrected chi connectivity index (χ3v) is 4.69. The van der Waals surface area contributed by atoms with E-state index in [1.165, 1.54) is 0 Å². The molecule has 0 aliphatic carbocycles. The van der Waals surface area contributed by atoms with E-state index in [0.717, 1.165) is 62.7 Å². The summed E-state index contributed by atoms with van der Waals surface area (Å²) in [5.74, 6) is 1.31. The van der Waals surface area contributed by atoms with E-state index < -0.39 is 0 Å². The number of ether oxygens (including phenoxy) is 2. The second-order valence-corrected chi connectivity index (χ2v) is 6.82. The highest BCUT2D eigenvalue weighted by Gasteiger charge is 2.09. The topological polar surface area (TPSA) is 72.1 Å². The highest BCUT2D eigenvalue weighted by atomic mass is 16.5. The highest BCUT2D eigenvalue weighted by Crippen LogP contribution is 2.20. The molecule has 1 fully saturated rings. The fourth-order valence-electron chi connectivity index (χ4n) is 3.08. The van der Waals surface area contributed by atoms with E-state index in [2.05, 4.69) is 27.3 Å². The minimum atomic E-state index is 0.472. The number of hydrogen-bond acceptors (Lipinski definition) is 4. The van der Waals surface area contributed by atoms with E-state index in [1.807, 2.05) is 42.5 Å². The minimum absolute atomic E-state index is 0.472. The molecule has 2 aromatic carbocycles. The van der Waals surface area contributed by atoms with Gasteiger partial charge in [0.05, 0.1) is 19.8 Å². The van der Waals surface area contributed by atoms with Crippen LogP contribution in [0.25, 0.3) is 0 Å². The summed E-state index contributed by atoms with van der Waals surface area (Å²) < 4.78 is 11.3. The number of guanidine groups is 1. The molecule has 3 rings (SSSR count). The van der Waals surface area contributed by atoms with Crippen LogP contribution in [0.1, 0.15) is 17.5 Å². The molecule has 150 valence electrons. The van der Waals surface area contributed by atoms with Gasteiger partial charge in [-0.15, -0.1) is 0 Å². The zero-order valence-corrected chi connectivity index (χ0v) is 16.3. The van der Waals surface area contributed by atoms with Gasteiger partial charge >= 0.3 is 0 Å². The molecular formula is C22H30N4O2. The van der Waals surface area contributed by atoms with Crippen molar-refractivity contribution in [3.8, 4) is 5.75 Å². The van der Waals surface area contributed by atoms with Crippen LogP contribution in [0.2, 0.25) is 0 Å². The molecule has 0 atom stereocenters. The molecule has 0 aromatic heterocycles. The summed E-state index contributed by atoms with van der Waals surface area (Å²) in [6.45, 7) is 6.61. The Morgan fingerprint density at radius 2 is 1.82 bits per heavy atom. The van der Waals surface area contributed by atoms with E-state index in [0.29, 0.717) is 19.1 Å². The Hall–Kier alpha value is -2.57. The van der Waals surface area contributed by atoms with Gasteiger partial charge in [-0.05, 0) is 24.6 Å². The number of morpholine rings is 1. The molecule has 0 bridgehead atoms. The van der Waals surface area contributed by atoms with Crippen molar-refractivity contribution in [2.24, 2.45) is 10.7 Å². The maximum Gasteiger partial charge on any atom is 0.188 e. The van der Waals surface area contributed by atoms with Crippen molar-refractivity contribution in [2.75, 3.05) is 39.4 Å². The summed E-state index contributed by atoms with van der Waals surface area (Å²) >= 11 is 0. The van der Waals surface area contributed by atoms with Crippen LogP contribution in [0.4, 0.5) is 0 Å². The molecule has 1 heterocycles. The van der Waals surface area contributed by atoms with Gasteiger partial charge < -0.3 is 20.5 Å². The summed E-state index contributed by atoms with van der Waals surface area (Å²) in [6.07, 6.45) is 1.03. The lowest BCUT2D eigenvalue weighted by molar-refractivity contribution is 0.0376. The van der Waals surface area contributed by atoms with Crippen LogP contribution in [0.3, 0.4) is 0 Å². The van der Waals surface area contributed by atoms with Crippen LogP contribution in [0.5, 0.6) is 5.75 Å². The van der Waals surface area contributed by atoms with Crippen LogP contribution in [-0.4, -0.2) is 50.3 Å². The van der Waals surface area contributed by atoms with Gasteiger partial charge in [0.2, 0.25) is 0 Å². The second kappa shape index (κ2) is 11.3. The van der Waals surface area contributed by atoms with Gasteiger partial charge in [0.1, 0.15) is 12.4 Å². The fourth-order valence-corrected chi connectivity index (χ4v) is 3.08. The molecule has 6 nitrogen and oxygen atoms in total. The molecule has 0 amide bonds. The third kappa shape index (κ3) is 6.87. The summed E-state index contributed by atoms with van der Waals surface area (Å²) in [6, 6.07) is 18.1. The van der Waals surface area contributed by atoms with E-state index in [1.54, 1.807) is 0 Å². The Balaban J connectivity index is 1.42. The van der Waals surface area contributed by atoms with E-state index in [4.69, 9.17) is 15.2 Å². The van der Waals surface area contributed by atoms with E-state index >= 15 is 0 Å². The first-order valence-corrected chi connectivity index (χ1v) is 9.90. The van der Waals surface area contributed by atoms with Crippen LogP contribution < -0.4 is 15.8 Å². The van der Waals surface area contributed by atoms with Gasteiger partial charge in [-0.3, -0.25) is 4.90 Å². The zero-order valence-electron chi connectivity index (χ0n) is 16.3. The van der Waals surface area contributed by atoms with Crippen molar-refractivity contribution in [1.82, 2.24) is 10.2 Å². The number of rotatable bonds is 9. The van der Waals surface area contributed by atoms with Crippen molar-refractivity contribution in [1.29, 1.82) is 0 Å². The Labute approximate surface area is 167 Å². The number of nitrogens with two attached hydrogens (primary N) is 1. The van der Waals surface area contributed by atoms with Gasteiger partial charge in [-0.1, -0.05) is 48.5 Å². The Kier molecular flexibility index (Phi) is 8.15. The normalized spacial score (nSPS) is 15.4. The van der Waals surface area contributed by atoms with Crippen LogP contribution >= 0.6 is 0 Å². The van der Waals surface area contributed by atoms with Gasteiger partial charge in [-0.2, -0.15) is 0 Å². The number of aliphatic imine (C=N–C) groups is 1. The molecule has 1 aliphatic heterocycles. The summed E-state index contributed by atoms with van der Waals surface area (Å²) in [4.78, 5) is 6.88. The lowest BCUT2D eigenvalue weighted by Crippen LogP contribution is -2.39. The van der Waals surface area contributed by atoms with E-state index in [-0.39, 0.29) is 0 Å². The van der Waals surface area contributed by atoms with Crippen molar-refractivity contribution in [2.45, 2.75) is 19.6 Å². The molecule has 0 spiro atoms. The van der Waals surface area contributed by atoms with Crippen LogP contribution in [0, 0.1) is 0 Å². The number of hydrogen-bond donors (Lipinski definition) is 2. The van der Waals surface area contributed by atoms with Crippen molar-refractivity contribution in [3.05, 3.63) is 65.7 Å². The summed E-state index contributed by atoms with van der Waals surface area (Å²) in [7, 11) is 0. The average Bonchev–Trinajstić information content (AvgIpc) is 2.76. The van der Waals surface area contributed by atoms with Gasteiger partial charge in [-0.25, -0.2) is 4.99 Å². The van der Waals surface area contributed by atoms with Crippen LogP contribution in [-0.2, 0) is 17.9 Å². The number of para-hydroxylation sites is 1. The van der Waals surface area contributed by atoms with Gasteiger partial charge in [0.15, 0.2) is 5.96 Å². The third-order valence-electron chi connectivity index (χ3n) is 4.69. The second-order valence-electron chi connectivity index (χ2n) is 6.82. The summed E-state index contributed by atoms with van der Waals surface area (Å²) in [5.41, 5.74) is 8.19. The molecular weight excluding hydrogens is 352 g/mol. The predicted octanol–water partition coefficient (Wildman–Crippen LogP) is 2.39. The first-order chi connectivity index (χ1) is 13.8. The van der Waals surface area contributed by atoms with Crippen molar-refractivity contribution < 1.29 is 9.47 Å². The van der Waals surface area contributed by atoms with E-state index in [9.17, 15) is 0 Å². The quantitative estimate of drug-likeness (QED) is 0.396. The van der Waals surface area contributed by atoms with Crippen LogP contribution in [0.15, 0.2) is 59.6 Å². The van der Waals surface area contributed by atoms with Crippen molar-refractivity contribution in [3.63, 3.8) is 0 Å². The maximum atomic E-state index is 6.02. The molecule has 2 aromatic rings. The number of nitrogens with zero attached hydrogens (tertiary/aromatic N) is 2.